The molecule has 2 aliphatic rings. The maximum Gasteiger partial charge on any atom is 0.237 e. The molecule has 0 atom stereocenters. The van der Waals surface area contributed by atoms with E-state index in [0.29, 0.717) is 5.95 Å². The van der Waals surface area contributed by atoms with Gasteiger partial charge in [-0.3, -0.25) is 9.80 Å². The van der Waals surface area contributed by atoms with Crippen molar-refractivity contribution < 1.29 is 0 Å². The molecule has 3 heterocycles. The van der Waals surface area contributed by atoms with Gasteiger partial charge in [-0.2, -0.15) is 4.98 Å². The fourth-order valence-corrected chi connectivity index (χ4v) is 21.3. The third kappa shape index (κ3) is 5.88. The lowest BCUT2D eigenvalue weighted by Crippen LogP contribution is -2.77. The van der Waals surface area contributed by atoms with Crippen LogP contribution in [0, 0.1) is 0 Å². The Balaban J connectivity index is 1.17. The number of anilines is 6. The van der Waals surface area contributed by atoms with E-state index in [9.17, 15) is 0 Å². The molecular weight excluding hydrogens is 833 g/mol. The smallest absolute Gasteiger partial charge is 0.237 e. The zero-order chi connectivity index (χ0) is 44.5. The van der Waals surface area contributed by atoms with Gasteiger partial charge < -0.3 is 0 Å². The summed E-state index contributed by atoms with van der Waals surface area (Å²) in [5.41, 5.74) is 6.53. The van der Waals surface area contributed by atoms with Crippen LogP contribution in [0.15, 0.2) is 237 Å². The highest BCUT2D eigenvalue weighted by molar-refractivity contribution is 7.22. The molecule has 0 unspecified atom stereocenters. The Morgan fingerprint density at radius 3 is 1.05 bits per heavy atom. The molecule has 0 saturated heterocycles. The number of rotatable bonds is 6. The minimum absolute atomic E-state index is 0.0960. The van der Waals surface area contributed by atoms with Crippen LogP contribution >= 0.6 is 0 Å². The lowest BCUT2D eigenvalue weighted by Gasteiger charge is -2.45. The largest absolute Gasteiger partial charge is 0.295 e. The van der Waals surface area contributed by atoms with Gasteiger partial charge in [0.2, 0.25) is 5.95 Å². The number of fused-ring (bicyclic) bond motifs is 5. The molecule has 66 heavy (non-hydrogen) atoms. The normalized spacial score (nSPS) is 14.5. The molecule has 9 aromatic carbocycles. The molecule has 10 aromatic rings. The molecule has 0 spiro atoms. The molecular formula is C60H48N4Si2. The molecule has 0 radical (unpaired) electrons. The number of hydrogen-bond donors (Lipinski definition) is 0. The van der Waals surface area contributed by atoms with Gasteiger partial charge in [0.1, 0.15) is 0 Å². The Labute approximate surface area is 389 Å². The van der Waals surface area contributed by atoms with Gasteiger partial charge in [-0.15, -0.1) is 0 Å². The van der Waals surface area contributed by atoms with Crippen LogP contribution in [0.3, 0.4) is 0 Å². The van der Waals surface area contributed by atoms with E-state index >= 15 is 0 Å². The molecule has 2 aliphatic heterocycles. The predicted octanol–water partition coefficient (Wildman–Crippen LogP) is 9.25. The van der Waals surface area contributed by atoms with E-state index in [1.807, 2.05) is 0 Å². The average molecular weight is 881 g/mol. The number of nitrogens with zero attached hydrogens (tertiary/aromatic N) is 4. The van der Waals surface area contributed by atoms with Crippen LogP contribution in [0.1, 0.15) is 26.3 Å². The lowest BCUT2D eigenvalue weighted by molar-refractivity contribution is 0.591. The monoisotopic (exact) mass is 880 g/mol. The van der Waals surface area contributed by atoms with Crippen molar-refractivity contribution in [2.45, 2.75) is 26.2 Å². The zero-order valence-electron chi connectivity index (χ0n) is 37.3. The quantitative estimate of drug-likeness (QED) is 0.156. The Hall–Kier alpha value is -7.65. The van der Waals surface area contributed by atoms with Gasteiger partial charge in [0.25, 0.3) is 0 Å². The fraction of sp³-hybridized carbons (Fsp3) is 0.0667. The third-order valence-electron chi connectivity index (χ3n) is 14.0. The summed E-state index contributed by atoms with van der Waals surface area (Å²) in [5.74, 6) is 1.50. The van der Waals surface area contributed by atoms with E-state index in [2.05, 4.69) is 267 Å². The van der Waals surface area contributed by atoms with E-state index in [-0.39, 0.29) is 5.41 Å². The van der Waals surface area contributed by atoms with Crippen LogP contribution in [0.4, 0.5) is 34.5 Å². The predicted molar refractivity (Wildman–Crippen MR) is 282 cm³/mol. The number of aromatic nitrogens is 2. The topological polar surface area (TPSA) is 32.3 Å². The van der Waals surface area contributed by atoms with Crippen LogP contribution < -0.4 is 51.3 Å². The molecule has 0 aliphatic carbocycles. The molecule has 0 N–H and O–H groups in total. The molecule has 0 bridgehead atoms. The summed E-state index contributed by atoms with van der Waals surface area (Å²) in [7, 11) is -5.73. The van der Waals surface area contributed by atoms with Crippen molar-refractivity contribution in [3.05, 3.63) is 242 Å². The van der Waals surface area contributed by atoms with E-state index in [1.54, 1.807) is 0 Å². The average Bonchev–Trinajstić information content (AvgIpc) is 3.37. The van der Waals surface area contributed by atoms with Gasteiger partial charge in [0, 0.05) is 28.1 Å². The Morgan fingerprint density at radius 2 is 0.682 bits per heavy atom. The summed E-state index contributed by atoms with van der Waals surface area (Å²) in [5, 5.41) is 11.7. The summed E-state index contributed by atoms with van der Waals surface area (Å²) in [4.78, 5) is 16.4. The molecule has 1 aromatic heterocycles. The second-order valence-corrected chi connectivity index (χ2v) is 26.0. The van der Waals surface area contributed by atoms with Crippen LogP contribution in [0.2, 0.25) is 0 Å². The zero-order valence-corrected chi connectivity index (χ0v) is 39.3. The summed E-state index contributed by atoms with van der Waals surface area (Å²) in [6.07, 6.45) is 0. The molecule has 0 saturated carbocycles. The SMILES string of the molecule is CC(C)(C)c1ccc2c(N3c4ccccc4[Si](c4ccccc4)(c4ccccc4)c4ccccc43)nc(N3c4ccccc4[Si](c4ccccc4)(c4ccccc4)c4ccccc43)nc2c1. The molecule has 6 heteroatoms. The van der Waals surface area contributed by atoms with Gasteiger partial charge in [-0.05, 0) is 88.9 Å². The Kier molecular flexibility index (Phi) is 9.38. The highest BCUT2D eigenvalue weighted by atomic mass is 28.3. The Bertz CT molecular complexity index is 3250. The number of benzene rings is 9. The van der Waals surface area contributed by atoms with Crippen molar-refractivity contribution in [3.63, 3.8) is 0 Å². The summed E-state index contributed by atoms with van der Waals surface area (Å²) in [6.45, 7) is 6.83. The van der Waals surface area contributed by atoms with Gasteiger partial charge in [0.15, 0.2) is 22.0 Å². The van der Waals surface area contributed by atoms with Crippen molar-refractivity contribution >= 4 is 103 Å². The van der Waals surface area contributed by atoms with Crippen LogP contribution in [-0.4, -0.2) is 26.1 Å². The van der Waals surface area contributed by atoms with Crippen LogP contribution in [0.25, 0.3) is 10.9 Å². The highest BCUT2D eigenvalue weighted by Crippen LogP contribution is 2.44. The van der Waals surface area contributed by atoms with Gasteiger partial charge in [-0.1, -0.05) is 221 Å². The molecule has 0 amide bonds. The lowest BCUT2D eigenvalue weighted by atomic mass is 9.86. The van der Waals surface area contributed by atoms with Crippen molar-refractivity contribution in [2.24, 2.45) is 0 Å². The van der Waals surface area contributed by atoms with Crippen molar-refractivity contribution in [2.75, 3.05) is 9.80 Å². The van der Waals surface area contributed by atoms with Crippen LogP contribution in [-0.2, 0) is 5.41 Å². The standard InChI is InChI=1S/C60H48N4Si2/c1-60(2,3)43-40-41-48-49(42-43)61-59(64-52-34-18-22-38-56(52)66(46-28-12-6-13-29-46,47-30-14-7-15-31-47)57-39-23-19-35-53(57)64)62-58(48)63-50-32-16-20-36-54(50)65(44-24-8-4-9-25-44,45-26-10-5-11-27-45)55-37-21-17-33-51(55)63/h4-42H,1-3H3. The maximum absolute atomic E-state index is 5.89. The molecule has 12 rings (SSSR count). The maximum atomic E-state index is 5.89. The first-order valence-corrected chi connectivity index (χ1v) is 26.9. The first-order valence-electron chi connectivity index (χ1n) is 22.9. The molecule has 316 valence electrons. The number of para-hydroxylation sites is 4. The second-order valence-electron chi connectivity index (χ2n) is 18.5. The summed E-state index contributed by atoms with van der Waals surface area (Å²) >= 11 is 0. The first-order chi connectivity index (χ1) is 32.4. The van der Waals surface area contributed by atoms with Crippen molar-refractivity contribution in [3.8, 4) is 0 Å². The Morgan fingerprint density at radius 1 is 0.348 bits per heavy atom. The first kappa shape index (κ1) is 39.9. The van der Waals surface area contributed by atoms with Gasteiger partial charge >= 0.3 is 0 Å². The summed E-state index contributed by atoms with van der Waals surface area (Å²) in [6, 6.07) is 87.8. The van der Waals surface area contributed by atoms with E-state index < -0.39 is 16.1 Å². The minimum atomic E-state index is -2.86. The third-order valence-corrected chi connectivity index (χ3v) is 23.7. The van der Waals surface area contributed by atoms with E-state index in [4.69, 9.17) is 9.97 Å². The van der Waals surface area contributed by atoms with Crippen molar-refractivity contribution in [1.29, 1.82) is 0 Å². The van der Waals surface area contributed by atoms with Crippen LogP contribution in [0.5, 0.6) is 0 Å². The fourth-order valence-electron chi connectivity index (χ4n) is 11.1. The van der Waals surface area contributed by atoms with E-state index in [0.717, 1.165) is 39.5 Å². The van der Waals surface area contributed by atoms with Gasteiger partial charge in [-0.25, -0.2) is 4.98 Å². The second kappa shape index (κ2) is 15.5. The summed E-state index contributed by atoms with van der Waals surface area (Å²) < 4.78 is 0. The van der Waals surface area contributed by atoms with Crippen molar-refractivity contribution in [1.82, 2.24) is 9.97 Å². The van der Waals surface area contributed by atoms with E-state index in [1.165, 1.54) is 47.1 Å². The minimum Gasteiger partial charge on any atom is -0.295 e. The molecule has 4 nitrogen and oxygen atoms in total. The number of hydrogen-bond acceptors (Lipinski definition) is 4. The van der Waals surface area contributed by atoms with Gasteiger partial charge in [0.05, 0.1) is 5.52 Å². The molecule has 0 fully saturated rings. The highest BCUT2D eigenvalue weighted by Gasteiger charge is 2.51.